The van der Waals surface area contributed by atoms with Gasteiger partial charge in [-0.2, -0.15) is 0 Å². The molecule has 8 nitrogen and oxygen atoms in total. The molecule has 10 heteroatoms. The molecule has 0 aliphatic carbocycles. The standard InChI is InChI=1S/2C33H47N3.C14H10O2.2Co/c2*1-20(2)26-14-11-15-27(21(3)4)32(26)34-24(9)30-18-13-19-31(36-30)25(10)35-33-28(22(5)6)16-12-17-29(33)23(7)8;15-13-11-7-3-1-5-9(11)10-6-2-4-8-12(10)14(13)16;;/h2*11-25,34-35H,1-10H3;1-8,15-16H;;/p-2. The molecule has 0 saturated heterocycles. The summed E-state index contributed by atoms with van der Waals surface area (Å²) in [4.78, 5) is 10.3. The number of nitrogens with zero attached hydrogens (tertiary/aromatic N) is 2. The summed E-state index contributed by atoms with van der Waals surface area (Å²) in [5.41, 5.74) is 20.3. The fourth-order valence-corrected chi connectivity index (χ4v) is 12.0. The molecule has 4 atom stereocenters. The Labute approximate surface area is 562 Å². The fraction of sp³-hybridized carbons (Fsp3) is 0.400. The van der Waals surface area contributed by atoms with Crippen LogP contribution in [0.4, 0.5) is 22.7 Å². The Morgan fingerprint density at radius 2 is 0.400 bits per heavy atom. The van der Waals surface area contributed by atoms with E-state index in [1.54, 1.807) is 24.3 Å². The molecule has 0 aliphatic rings. The van der Waals surface area contributed by atoms with Crippen LogP contribution in [0.1, 0.15) is 277 Å². The van der Waals surface area contributed by atoms with Crippen molar-refractivity contribution in [1.82, 2.24) is 9.97 Å². The van der Waals surface area contributed by atoms with Crippen LogP contribution in [0.15, 0.2) is 158 Å². The first-order chi connectivity index (χ1) is 41.8. The molecule has 9 rings (SSSR count). The number of rotatable bonds is 20. The molecule has 9 aromatic rings. The van der Waals surface area contributed by atoms with Crippen molar-refractivity contribution in [3.8, 4) is 11.5 Å². The normalized spacial score (nSPS) is 12.8. The van der Waals surface area contributed by atoms with E-state index in [0.717, 1.165) is 33.5 Å². The molecular formula is C80H102Co2N6O2-2. The van der Waals surface area contributed by atoms with Gasteiger partial charge >= 0.3 is 0 Å². The van der Waals surface area contributed by atoms with Crippen molar-refractivity contribution in [2.75, 3.05) is 21.3 Å². The number of anilines is 4. The first-order valence-electron chi connectivity index (χ1n) is 32.6. The maximum absolute atomic E-state index is 11.8. The smallest absolute Gasteiger partial charge is 0.0657 e. The average Bonchev–Trinajstić information content (AvgIpc) is 1.03. The third-order valence-corrected chi connectivity index (χ3v) is 17.1. The van der Waals surface area contributed by atoms with Crippen molar-refractivity contribution < 1.29 is 43.8 Å². The van der Waals surface area contributed by atoms with Crippen LogP contribution in [-0.2, 0) is 33.6 Å². The molecule has 0 aliphatic heterocycles. The van der Waals surface area contributed by atoms with Gasteiger partial charge in [-0.15, -0.1) is 11.5 Å². The molecule has 2 heterocycles. The van der Waals surface area contributed by atoms with E-state index in [1.165, 1.54) is 67.3 Å². The molecule has 0 amide bonds. The molecule has 90 heavy (non-hydrogen) atoms. The molecule has 4 N–H and O–H groups in total. The molecular weight excluding hydrogens is 1190 g/mol. The number of para-hydroxylation sites is 4. The van der Waals surface area contributed by atoms with Crippen LogP contribution >= 0.6 is 0 Å². The Hall–Kier alpha value is -6.83. The van der Waals surface area contributed by atoms with Gasteiger partial charge < -0.3 is 31.5 Å². The second-order valence-corrected chi connectivity index (χ2v) is 26.7. The number of benzene rings is 7. The first-order valence-corrected chi connectivity index (χ1v) is 32.6. The molecule has 4 unspecified atom stereocenters. The van der Waals surface area contributed by atoms with Crippen molar-refractivity contribution in [1.29, 1.82) is 0 Å². The predicted molar refractivity (Wildman–Crippen MR) is 375 cm³/mol. The minimum atomic E-state index is -0.408. The number of nitrogens with one attached hydrogen (secondary N) is 4. The van der Waals surface area contributed by atoms with Crippen LogP contribution in [0.3, 0.4) is 0 Å². The van der Waals surface area contributed by atoms with Gasteiger partial charge in [-0.1, -0.05) is 244 Å². The van der Waals surface area contributed by atoms with Gasteiger partial charge in [0.15, 0.2) is 0 Å². The van der Waals surface area contributed by atoms with E-state index < -0.39 is 11.5 Å². The maximum atomic E-state index is 11.8. The summed E-state index contributed by atoms with van der Waals surface area (Å²) in [5, 5.41) is 41.7. The van der Waals surface area contributed by atoms with E-state index >= 15 is 0 Å². The zero-order chi connectivity index (χ0) is 64.3. The van der Waals surface area contributed by atoms with E-state index in [9.17, 15) is 10.2 Å². The van der Waals surface area contributed by atoms with Gasteiger partial charge in [0, 0.05) is 56.3 Å². The molecule has 0 spiro atoms. The summed E-state index contributed by atoms with van der Waals surface area (Å²) >= 11 is 0. The number of hydrogen-bond acceptors (Lipinski definition) is 8. The minimum absolute atomic E-state index is 0. The summed E-state index contributed by atoms with van der Waals surface area (Å²) in [7, 11) is 0. The van der Waals surface area contributed by atoms with Gasteiger partial charge in [0.05, 0.1) is 46.9 Å². The molecule has 0 saturated carbocycles. The second-order valence-electron chi connectivity index (χ2n) is 26.7. The van der Waals surface area contributed by atoms with Crippen LogP contribution in [0, 0.1) is 0 Å². The van der Waals surface area contributed by atoms with E-state index in [2.05, 4.69) is 269 Å². The quantitative estimate of drug-likeness (QED) is 0.0557. The molecule has 2 radical (unpaired) electrons. The van der Waals surface area contributed by atoms with Crippen LogP contribution < -0.4 is 31.5 Å². The van der Waals surface area contributed by atoms with Gasteiger partial charge in [0.1, 0.15) is 0 Å². The SMILES string of the molecule is CC(C)c1cccc(C(C)C)c1NC(C)c1cccc(C(C)Nc2c(C(C)C)cccc2C(C)C)n1.CC(C)c1cccc(C(C)C)c1NC(C)c1cccc(C(C)Nc2c(C(C)C)cccc2C(C)C)n1.[Co].[Co].[O-]c1c([O-])c2ccccc2c2ccccc12. The summed E-state index contributed by atoms with van der Waals surface area (Å²) in [6.07, 6.45) is 0. The van der Waals surface area contributed by atoms with Gasteiger partial charge in [-0.05, 0) is 165 Å². The van der Waals surface area contributed by atoms with Crippen molar-refractivity contribution >= 4 is 44.3 Å². The van der Waals surface area contributed by atoms with Gasteiger partial charge in [-0.25, -0.2) is 0 Å². The fourth-order valence-electron chi connectivity index (χ4n) is 12.0. The van der Waals surface area contributed by atoms with Crippen molar-refractivity contribution in [2.24, 2.45) is 0 Å². The summed E-state index contributed by atoms with van der Waals surface area (Å²) < 4.78 is 0. The van der Waals surface area contributed by atoms with Gasteiger partial charge in [-0.3, -0.25) is 9.97 Å². The molecule has 2 aromatic heterocycles. The van der Waals surface area contributed by atoms with Crippen molar-refractivity contribution in [3.05, 3.63) is 225 Å². The third-order valence-electron chi connectivity index (χ3n) is 17.1. The Kier molecular flexibility index (Phi) is 27.5. The maximum Gasteiger partial charge on any atom is 0.0657 e. The Morgan fingerprint density at radius 1 is 0.233 bits per heavy atom. The summed E-state index contributed by atoms with van der Waals surface area (Å²) in [5.74, 6) is 2.84. The third kappa shape index (κ3) is 17.8. The average molecular weight is 1300 g/mol. The Morgan fingerprint density at radius 3 is 0.578 bits per heavy atom. The largest absolute Gasteiger partial charge is 0.872 e. The Balaban J connectivity index is 0.000000259. The number of aromatic nitrogens is 2. The van der Waals surface area contributed by atoms with E-state index in [4.69, 9.17) is 9.97 Å². The molecule has 0 fully saturated rings. The Bertz CT molecular complexity index is 3230. The van der Waals surface area contributed by atoms with Crippen molar-refractivity contribution in [2.45, 2.75) is 210 Å². The van der Waals surface area contributed by atoms with Gasteiger partial charge in [0.25, 0.3) is 0 Å². The number of fused-ring (bicyclic) bond motifs is 3. The molecule has 484 valence electrons. The van der Waals surface area contributed by atoms with Gasteiger partial charge in [0.2, 0.25) is 0 Å². The van der Waals surface area contributed by atoms with Crippen LogP contribution in [0.2, 0.25) is 0 Å². The zero-order valence-corrected chi connectivity index (χ0v) is 59.4. The van der Waals surface area contributed by atoms with Crippen LogP contribution in [0.25, 0.3) is 21.5 Å². The van der Waals surface area contributed by atoms with Crippen LogP contribution in [-0.4, -0.2) is 9.97 Å². The van der Waals surface area contributed by atoms with Crippen molar-refractivity contribution in [3.63, 3.8) is 0 Å². The summed E-state index contributed by atoms with van der Waals surface area (Å²) in [6, 6.07) is 54.4. The second kappa shape index (κ2) is 33.5. The number of hydrogen-bond donors (Lipinski definition) is 4. The van der Waals surface area contributed by atoms with Crippen LogP contribution in [0.5, 0.6) is 11.5 Å². The topological polar surface area (TPSA) is 120 Å². The molecule has 7 aromatic carbocycles. The van der Waals surface area contributed by atoms with E-state index in [0.29, 0.717) is 58.1 Å². The van der Waals surface area contributed by atoms with E-state index in [-0.39, 0.29) is 57.7 Å². The molecule has 0 bridgehead atoms. The monoisotopic (exact) mass is 1300 g/mol. The first kappa shape index (κ1) is 73.9. The predicted octanol–water partition coefficient (Wildman–Crippen LogP) is 22.0. The van der Waals surface area contributed by atoms with E-state index in [1.807, 2.05) is 24.3 Å². The minimum Gasteiger partial charge on any atom is -0.872 e. The summed E-state index contributed by atoms with van der Waals surface area (Å²) in [6.45, 7) is 45.1. The zero-order valence-electron chi connectivity index (χ0n) is 57.3. The number of pyridine rings is 2.